The van der Waals surface area contributed by atoms with Crippen LogP contribution in [0.15, 0.2) is 28.8 Å². The van der Waals surface area contributed by atoms with Crippen molar-refractivity contribution in [1.29, 1.82) is 0 Å². The normalized spacial score (nSPS) is 10.4. The Kier molecular flexibility index (Phi) is 5.31. The molecule has 0 spiro atoms. The summed E-state index contributed by atoms with van der Waals surface area (Å²) in [7, 11) is 1.65. The van der Waals surface area contributed by atoms with Crippen LogP contribution in [0.1, 0.15) is 23.7 Å². The van der Waals surface area contributed by atoms with Crippen LogP contribution in [0.25, 0.3) is 0 Å². The molecule has 0 unspecified atom stereocenters. The number of ether oxygens (including phenoxy) is 1. The van der Waals surface area contributed by atoms with E-state index < -0.39 is 0 Å². The van der Waals surface area contributed by atoms with Gasteiger partial charge in [0.1, 0.15) is 5.75 Å². The number of aryl methyl sites for hydroxylation is 2. The third kappa shape index (κ3) is 4.91. The number of aromatic nitrogens is 2. The van der Waals surface area contributed by atoms with E-state index in [4.69, 9.17) is 9.26 Å². The first kappa shape index (κ1) is 15.0. The number of carbonyl (C=O) groups is 1. The van der Waals surface area contributed by atoms with Gasteiger partial charge >= 0.3 is 0 Å². The van der Waals surface area contributed by atoms with Crippen molar-refractivity contribution in [1.82, 2.24) is 15.5 Å². The maximum absolute atomic E-state index is 11.7. The van der Waals surface area contributed by atoms with Crippen LogP contribution in [0.2, 0.25) is 0 Å². The maximum Gasteiger partial charge on any atom is 0.227 e. The molecule has 0 aliphatic carbocycles. The molecule has 2 rings (SSSR count). The number of methoxy groups -OCH3 is 1. The first-order valence-corrected chi connectivity index (χ1v) is 6.86. The summed E-state index contributed by atoms with van der Waals surface area (Å²) in [5, 5.41) is 6.54. The van der Waals surface area contributed by atoms with E-state index in [0.717, 1.165) is 18.6 Å². The summed E-state index contributed by atoms with van der Waals surface area (Å²) < 4.78 is 9.92. The van der Waals surface area contributed by atoms with Crippen molar-refractivity contribution in [3.8, 4) is 5.75 Å². The molecular weight excluding hydrogens is 270 g/mol. The highest BCUT2D eigenvalue weighted by Crippen LogP contribution is 2.12. The van der Waals surface area contributed by atoms with Gasteiger partial charge in [-0.3, -0.25) is 4.79 Å². The van der Waals surface area contributed by atoms with Crippen molar-refractivity contribution in [2.45, 2.75) is 26.2 Å². The predicted octanol–water partition coefficient (Wildman–Crippen LogP) is 1.68. The predicted molar refractivity (Wildman–Crippen MR) is 77.1 cm³/mol. The standard InChI is InChI=1S/C15H19N3O3/c1-11-17-14(18-21-11)10-15(19)16-9-3-4-12-5-7-13(20-2)8-6-12/h5-8H,3-4,9-10H2,1-2H3,(H,16,19). The Labute approximate surface area is 123 Å². The summed E-state index contributed by atoms with van der Waals surface area (Å²) in [6, 6.07) is 7.93. The summed E-state index contributed by atoms with van der Waals surface area (Å²) in [6.45, 7) is 2.32. The van der Waals surface area contributed by atoms with Gasteiger partial charge < -0.3 is 14.6 Å². The van der Waals surface area contributed by atoms with E-state index in [1.165, 1.54) is 5.56 Å². The summed E-state index contributed by atoms with van der Waals surface area (Å²) in [5.74, 6) is 1.64. The van der Waals surface area contributed by atoms with Crippen LogP contribution in [-0.4, -0.2) is 29.7 Å². The maximum atomic E-state index is 11.7. The summed E-state index contributed by atoms with van der Waals surface area (Å²) in [5.41, 5.74) is 1.22. The van der Waals surface area contributed by atoms with Crippen molar-refractivity contribution in [2.75, 3.05) is 13.7 Å². The average molecular weight is 289 g/mol. The van der Waals surface area contributed by atoms with E-state index in [9.17, 15) is 4.79 Å². The number of carbonyl (C=O) groups excluding carboxylic acids is 1. The smallest absolute Gasteiger partial charge is 0.227 e. The van der Waals surface area contributed by atoms with Crippen LogP contribution in [-0.2, 0) is 17.6 Å². The molecule has 21 heavy (non-hydrogen) atoms. The monoisotopic (exact) mass is 289 g/mol. The first-order valence-electron chi connectivity index (χ1n) is 6.86. The highest BCUT2D eigenvalue weighted by molar-refractivity contribution is 5.77. The second-order valence-corrected chi connectivity index (χ2v) is 4.71. The van der Waals surface area contributed by atoms with Gasteiger partial charge in [-0.1, -0.05) is 17.3 Å². The van der Waals surface area contributed by atoms with Crippen LogP contribution in [0.5, 0.6) is 5.75 Å². The number of hydrogen-bond donors (Lipinski definition) is 1. The SMILES string of the molecule is COc1ccc(CCCNC(=O)Cc2noc(C)n2)cc1. The van der Waals surface area contributed by atoms with Crippen molar-refractivity contribution >= 4 is 5.91 Å². The Morgan fingerprint density at radius 1 is 1.33 bits per heavy atom. The lowest BCUT2D eigenvalue weighted by Crippen LogP contribution is -2.26. The average Bonchev–Trinajstić information content (AvgIpc) is 2.89. The zero-order chi connectivity index (χ0) is 15.1. The molecule has 0 bridgehead atoms. The molecule has 0 aliphatic heterocycles. The third-order valence-corrected chi connectivity index (χ3v) is 3.01. The van der Waals surface area contributed by atoms with Crippen molar-refractivity contribution in [3.63, 3.8) is 0 Å². The van der Waals surface area contributed by atoms with E-state index in [2.05, 4.69) is 15.5 Å². The van der Waals surface area contributed by atoms with Gasteiger partial charge in [0.15, 0.2) is 5.82 Å². The second kappa shape index (κ2) is 7.42. The van der Waals surface area contributed by atoms with Gasteiger partial charge in [0, 0.05) is 13.5 Å². The van der Waals surface area contributed by atoms with Gasteiger partial charge in [-0.2, -0.15) is 4.98 Å². The molecule has 2 aromatic rings. The Balaban J connectivity index is 1.65. The molecule has 0 fully saturated rings. The van der Waals surface area contributed by atoms with Crippen molar-refractivity contribution in [2.24, 2.45) is 0 Å². The fourth-order valence-corrected chi connectivity index (χ4v) is 1.93. The fraction of sp³-hybridized carbons (Fsp3) is 0.400. The van der Waals surface area contributed by atoms with Gasteiger partial charge in [-0.05, 0) is 30.5 Å². The first-order chi connectivity index (χ1) is 10.2. The highest BCUT2D eigenvalue weighted by Gasteiger charge is 2.08. The highest BCUT2D eigenvalue weighted by atomic mass is 16.5. The van der Waals surface area contributed by atoms with E-state index in [1.54, 1.807) is 14.0 Å². The number of nitrogens with one attached hydrogen (secondary N) is 1. The largest absolute Gasteiger partial charge is 0.497 e. The van der Waals surface area contributed by atoms with Crippen LogP contribution in [0, 0.1) is 6.92 Å². The van der Waals surface area contributed by atoms with Gasteiger partial charge in [-0.15, -0.1) is 0 Å². The minimum Gasteiger partial charge on any atom is -0.497 e. The van der Waals surface area contributed by atoms with E-state index in [0.29, 0.717) is 18.3 Å². The molecule has 0 radical (unpaired) electrons. The molecule has 0 saturated heterocycles. The molecule has 112 valence electrons. The van der Waals surface area contributed by atoms with E-state index >= 15 is 0 Å². The Morgan fingerprint density at radius 2 is 2.10 bits per heavy atom. The Bertz CT molecular complexity index is 578. The number of nitrogens with zero attached hydrogens (tertiary/aromatic N) is 2. The van der Waals surface area contributed by atoms with E-state index in [-0.39, 0.29) is 12.3 Å². The van der Waals surface area contributed by atoms with Crippen LogP contribution >= 0.6 is 0 Å². The van der Waals surface area contributed by atoms with Gasteiger partial charge in [-0.25, -0.2) is 0 Å². The minimum absolute atomic E-state index is 0.0921. The molecule has 0 aliphatic rings. The molecule has 1 heterocycles. The minimum atomic E-state index is -0.0921. The Morgan fingerprint density at radius 3 is 2.71 bits per heavy atom. The second-order valence-electron chi connectivity index (χ2n) is 4.71. The molecular formula is C15H19N3O3. The van der Waals surface area contributed by atoms with Gasteiger partial charge in [0.05, 0.1) is 13.5 Å². The zero-order valence-corrected chi connectivity index (χ0v) is 12.3. The van der Waals surface area contributed by atoms with Gasteiger partial charge in [0.2, 0.25) is 11.8 Å². The van der Waals surface area contributed by atoms with Crippen LogP contribution < -0.4 is 10.1 Å². The summed E-state index contributed by atoms with van der Waals surface area (Å²) in [4.78, 5) is 15.7. The molecule has 6 nitrogen and oxygen atoms in total. The number of benzene rings is 1. The van der Waals surface area contributed by atoms with Crippen LogP contribution in [0.3, 0.4) is 0 Å². The molecule has 0 saturated carbocycles. The number of rotatable bonds is 7. The lowest BCUT2D eigenvalue weighted by molar-refractivity contribution is -0.120. The van der Waals surface area contributed by atoms with E-state index in [1.807, 2.05) is 24.3 Å². The topological polar surface area (TPSA) is 77.2 Å². The van der Waals surface area contributed by atoms with Gasteiger partial charge in [0.25, 0.3) is 0 Å². The number of hydrogen-bond acceptors (Lipinski definition) is 5. The lowest BCUT2D eigenvalue weighted by atomic mass is 10.1. The summed E-state index contributed by atoms with van der Waals surface area (Å²) >= 11 is 0. The molecule has 0 atom stereocenters. The summed E-state index contributed by atoms with van der Waals surface area (Å²) in [6.07, 6.45) is 1.94. The van der Waals surface area contributed by atoms with Crippen LogP contribution in [0.4, 0.5) is 0 Å². The lowest BCUT2D eigenvalue weighted by Gasteiger charge is -2.05. The zero-order valence-electron chi connectivity index (χ0n) is 12.3. The van der Waals surface area contributed by atoms with Crippen molar-refractivity contribution < 1.29 is 14.1 Å². The number of amides is 1. The third-order valence-electron chi connectivity index (χ3n) is 3.01. The Hall–Kier alpha value is -2.37. The molecule has 1 aromatic heterocycles. The van der Waals surface area contributed by atoms with Crippen molar-refractivity contribution in [3.05, 3.63) is 41.5 Å². The molecule has 1 amide bonds. The molecule has 1 N–H and O–H groups in total. The fourth-order valence-electron chi connectivity index (χ4n) is 1.93. The molecule has 1 aromatic carbocycles. The quantitative estimate of drug-likeness (QED) is 0.785. The molecule has 6 heteroatoms.